The molecule has 1 heterocycles. The predicted molar refractivity (Wildman–Crippen MR) is 69.7 cm³/mol. The van der Waals surface area contributed by atoms with Crippen molar-refractivity contribution in [3.05, 3.63) is 36.0 Å². The molecule has 1 N–H and O–H groups in total. The highest BCUT2D eigenvalue weighted by Gasteiger charge is 2.30. The summed E-state index contributed by atoms with van der Waals surface area (Å²) in [4.78, 5) is 0. The topological polar surface area (TPSA) is 29.5 Å². The van der Waals surface area contributed by atoms with E-state index in [1.807, 2.05) is 0 Å². The van der Waals surface area contributed by atoms with Gasteiger partial charge in [0.05, 0.1) is 18.8 Å². The Hall–Kier alpha value is -0.860. The Morgan fingerprint density at radius 3 is 2.76 bits per heavy atom. The van der Waals surface area contributed by atoms with E-state index in [2.05, 4.69) is 26.2 Å². The van der Waals surface area contributed by atoms with Crippen molar-refractivity contribution >= 4 is 0 Å². The van der Waals surface area contributed by atoms with Gasteiger partial charge in [0.15, 0.2) is 0 Å². The number of hydrogen-bond donors (Lipinski definition) is 1. The van der Waals surface area contributed by atoms with Crippen LogP contribution < -0.4 is 0 Å². The summed E-state index contributed by atoms with van der Waals surface area (Å²) in [5, 5.41) is 9.94. The van der Waals surface area contributed by atoms with Gasteiger partial charge in [0, 0.05) is 5.92 Å². The second-order valence-electron chi connectivity index (χ2n) is 5.30. The maximum absolute atomic E-state index is 9.94. The van der Waals surface area contributed by atoms with Crippen molar-refractivity contribution in [3.63, 3.8) is 0 Å². The molecule has 1 aliphatic carbocycles. The molecule has 94 valence electrons. The first kappa shape index (κ1) is 12.6. The van der Waals surface area contributed by atoms with Crippen LogP contribution in [0.25, 0.3) is 0 Å². The Morgan fingerprint density at radius 1 is 1.24 bits per heavy atom. The van der Waals surface area contributed by atoms with Crippen LogP contribution in [-0.2, 0) is 4.74 Å². The molecule has 2 rings (SSSR count). The van der Waals surface area contributed by atoms with Gasteiger partial charge in [-0.15, -0.1) is 0 Å². The van der Waals surface area contributed by atoms with Crippen molar-refractivity contribution in [1.82, 2.24) is 0 Å². The molecule has 0 spiro atoms. The van der Waals surface area contributed by atoms with Gasteiger partial charge in [0.1, 0.15) is 0 Å². The van der Waals surface area contributed by atoms with Crippen molar-refractivity contribution in [3.8, 4) is 0 Å². The third kappa shape index (κ3) is 2.88. The molecule has 0 radical (unpaired) electrons. The molecule has 0 bridgehead atoms. The van der Waals surface area contributed by atoms with Crippen molar-refractivity contribution in [1.29, 1.82) is 0 Å². The summed E-state index contributed by atoms with van der Waals surface area (Å²) in [5.74, 6) is 0.395. The molecule has 1 saturated heterocycles. The molecule has 17 heavy (non-hydrogen) atoms. The van der Waals surface area contributed by atoms with Crippen LogP contribution in [0.15, 0.2) is 36.0 Å². The first-order valence-corrected chi connectivity index (χ1v) is 6.40. The van der Waals surface area contributed by atoms with Crippen LogP contribution in [0.3, 0.4) is 0 Å². The zero-order valence-corrected chi connectivity index (χ0v) is 10.6. The summed E-state index contributed by atoms with van der Waals surface area (Å²) in [6.45, 7) is 10.9. The molecule has 0 amide bonds. The molecule has 1 fully saturated rings. The molecule has 0 aromatic heterocycles. The molecule has 2 nitrogen and oxygen atoms in total. The third-order valence-electron chi connectivity index (χ3n) is 3.89. The smallest absolute Gasteiger partial charge is 0.0828 e. The molecule has 0 aromatic carbocycles. The van der Waals surface area contributed by atoms with E-state index in [9.17, 15) is 5.11 Å². The van der Waals surface area contributed by atoms with Crippen molar-refractivity contribution < 1.29 is 9.84 Å². The van der Waals surface area contributed by atoms with E-state index in [-0.39, 0.29) is 12.2 Å². The highest BCUT2D eigenvalue weighted by Crippen LogP contribution is 2.33. The van der Waals surface area contributed by atoms with E-state index in [0.29, 0.717) is 12.5 Å². The second kappa shape index (κ2) is 5.19. The zero-order valence-electron chi connectivity index (χ0n) is 10.6. The molecule has 0 saturated carbocycles. The van der Waals surface area contributed by atoms with Crippen LogP contribution in [0.5, 0.6) is 0 Å². The lowest BCUT2D eigenvalue weighted by Gasteiger charge is -2.22. The van der Waals surface area contributed by atoms with E-state index in [1.165, 1.54) is 11.1 Å². The predicted octanol–water partition coefficient (Wildman–Crippen LogP) is 3.00. The Morgan fingerprint density at radius 2 is 2.00 bits per heavy atom. The quantitative estimate of drug-likeness (QED) is 0.653. The van der Waals surface area contributed by atoms with E-state index in [4.69, 9.17) is 4.74 Å². The average Bonchev–Trinajstić information content (AvgIpc) is 2.63. The van der Waals surface area contributed by atoms with Gasteiger partial charge in [-0.1, -0.05) is 24.8 Å². The lowest BCUT2D eigenvalue weighted by Crippen LogP contribution is -2.18. The molecular formula is C15H22O2. The Kier molecular flexibility index (Phi) is 3.85. The molecule has 3 atom stereocenters. The highest BCUT2D eigenvalue weighted by atomic mass is 16.5. The number of allylic oxidation sites excluding steroid dienone is 1. The van der Waals surface area contributed by atoms with Crippen molar-refractivity contribution in [2.24, 2.45) is 5.92 Å². The monoisotopic (exact) mass is 234 g/mol. The molecule has 1 aliphatic heterocycles. The highest BCUT2D eigenvalue weighted by molar-refractivity contribution is 5.18. The molecular weight excluding hydrogens is 212 g/mol. The summed E-state index contributed by atoms with van der Waals surface area (Å²) in [7, 11) is 0. The minimum atomic E-state index is -0.356. The summed E-state index contributed by atoms with van der Waals surface area (Å²) in [5.41, 5.74) is 3.43. The van der Waals surface area contributed by atoms with E-state index in [1.54, 1.807) is 0 Å². The summed E-state index contributed by atoms with van der Waals surface area (Å²) in [6, 6.07) is 0. The maximum Gasteiger partial charge on any atom is 0.0828 e. The van der Waals surface area contributed by atoms with E-state index >= 15 is 0 Å². The van der Waals surface area contributed by atoms with Crippen molar-refractivity contribution in [2.45, 2.75) is 44.8 Å². The number of hydrogen-bond acceptors (Lipinski definition) is 2. The van der Waals surface area contributed by atoms with Gasteiger partial charge in [-0.2, -0.15) is 0 Å². The van der Waals surface area contributed by atoms with Gasteiger partial charge in [-0.05, 0) is 43.8 Å². The first-order valence-electron chi connectivity index (χ1n) is 6.40. The van der Waals surface area contributed by atoms with Gasteiger partial charge in [-0.25, -0.2) is 0 Å². The Balaban J connectivity index is 2.17. The SMILES string of the molecule is C=C1CC[C@H]2C(=C)CO[C@@H]2/C=C(\C)CC[C@H]1O. The average molecular weight is 234 g/mol. The van der Waals surface area contributed by atoms with Crippen molar-refractivity contribution in [2.75, 3.05) is 6.61 Å². The standard InChI is InChI=1S/C15H22O2/c1-10-4-7-14(16)11(2)5-6-13-12(3)9-17-15(13)8-10/h8,13-16H,2-7,9H2,1H3/b10-8+/t13-,14+,15+/m0/s1. The number of aliphatic hydroxyl groups excluding tert-OH is 1. The fourth-order valence-corrected chi connectivity index (χ4v) is 2.63. The number of fused-ring (bicyclic) bond motifs is 1. The van der Waals surface area contributed by atoms with Crippen LogP contribution in [0, 0.1) is 5.92 Å². The minimum absolute atomic E-state index is 0.186. The summed E-state index contributed by atoms with van der Waals surface area (Å²) >= 11 is 0. The fraction of sp³-hybridized carbons (Fsp3) is 0.600. The lowest BCUT2D eigenvalue weighted by molar-refractivity contribution is 0.123. The normalized spacial score (nSPS) is 38.5. The van der Waals surface area contributed by atoms with Crippen LogP contribution in [0.4, 0.5) is 0 Å². The fourth-order valence-electron chi connectivity index (χ4n) is 2.63. The molecule has 0 aromatic rings. The molecule has 2 aliphatic rings. The first-order chi connectivity index (χ1) is 8.08. The van der Waals surface area contributed by atoms with Crippen LogP contribution in [0.2, 0.25) is 0 Å². The van der Waals surface area contributed by atoms with E-state index in [0.717, 1.165) is 31.3 Å². The van der Waals surface area contributed by atoms with Gasteiger partial charge in [-0.3, -0.25) is 0 Å². The lowest BCUT2D eigenvalue weighted by atomic mass is 9.86. The van der Waals surface area contributed by atoms with E-state index < -0.39 is 0 Å². The van der Waals surface area contributed by atoms with Gasteiger partial charge >= 0.3 is 0 Å². The molecule has 2 heteroatoms. The molecule has 0 unspecified atom stereocenters. The van der Waals surface area contributed by atoms with Gasteiger partial charge in [0.25, 0.3) is 0 Å². The van der Waals surface area contributed by atoms with Gasteiger partial charge in [0.2, 0.25) is 0 Å². The van der Waals surface area contributed by atoms with Gasteiger partial charge < -0.3 is 9.84 Å². The zero-order chi connectivity index (χ0) is 12.4. The van der Waals surface area contributed by atoms with Crippen LogP contribution >= 0.6 is 0 Å². The second-order valence-corrected chi connectivity index (χ2v) is 5.30. The van der Waals surface area contributed by atoms with Crippen LogP contribution in [-0.4, -0.2) is 23.9 Å². The Bertz CT molecular complexity index is 354. The summed E-state index contributed by atoms with van der Waals surface area (Å²) in [6.07, 6.45) is 5.60. The summed E-state index contributed by atoms with van der Waals surface area (Å²) < 4.78 is 5.77. The Labute approximate surface area is 104 Å². The minimum Gasteiger partial charge on any atom is -0.389 e. The largest absolute Gasteiger partial charge is 0.389 e. The number of ether oxygens (including phenoxy) is 1. The maximum atomic E-state index is 9.94. The number of aliphatic hydroxyl groups is 1. The number of rotatable bonds is 0. The third-order valence-corrected chi connectivity index (χ3v) is 3.89. The van der Waals surface area contributed by atoms with Crippen LogP contribution in [0.1, 0.15) is 32.6 Å².